The van der Waals surface area contributed by atoms with Crippen LogP contribution in [0.25, 0.3) is 22.4 Å². The molecule has 4 heteroatoms. The van der Waals surface area contributed by atoms with Gasteiger partial charge in [0.15, 0.2) is 0 Å². The largest absolute Gasteiger partial charge is 0.321 e. The van der Waals surface area contributed by atoms with Crippen LogP contribution in [0.1, 0.15) is 18.9 Å². The van der Waals surface area contributed by atoms with Crippen molar-refractivity contribution >= 4 is 27.0 Å². The Morgan fingerprint density at radius 3 is 2.68 bits per heavy atom. The van der Waals surface area contributed by atoms with Crippen LogP contribution in [0, 0.1) is 0 Å². The summed E-state index contributed by atoms with van der Waals surface area (Å²) in [6, 6.07) is 17.4. The monoisotopic (exact) mass is 355 g/mol. The number of benzene rings is 2. The van der Waals surface area contributed by atoms with E-state index in [1.54, 1.807) is 0 Å². The topological polar surface area (TPSA) is 29.9 Å². The van der Waals surface area contributed by atoms with Crippen LogP contribution in [-0.2, 0) is 0 Å². The van der Waals surface area contributed by atoms with Crippen molar-refractivity contribution < 1.29 is 0 Å². The normalized spacial score (nSPS) is 16.2. The van der Waals surface area contributed by atoms with E-state index >= 15 is 0 Å². The molecule has 0 radical (unpaired) electrons. The number of imidazole rings is 1. The predicted molar refractivity (Wildman–Crippen MR) is 94.0 cm³/mol. The molecule has 1 aliphatic rings. The maximum absolute atomic E-state index is 4.92. The van der Waals surface area contributed by atoms with Gasteiger partial charge in [-0.2, -0.15) is 0 Å². The second-order valence-electron chi connectivity index (χ2n) is 5.79. The summed E-state index contributed by atoms with van der Waals surface area (Å²) >= 11 is 3.58. The van der Waals surface area contributed by atoms with E-state index in [-0.39, 0.29) is 0 Å². The number of nitrogens with one attached hydrogen (secondary N) is 1. The number of rotatable bonds is 2. The highest BCUT2D eigenvalue weighted by Gasteiger charge is 2.21. The van der Waals surface area contributed by atoms with Gasteiger partial charge in [-0.1, -0.05) is 40.2 Å². The molecule has 2 heterocycles. The van der Waals surface area contributed by atoms with Crippen molar-refractivity contribution in [3.05, 3.63) is 53.0 Å². The van der Waals surface area contributed by atoms with Crippen LogP contribution in [0.3, 0.4) is 0 Å². The van der Waals surface area contributed by atoms with E-state index in [1.807, 2.05) is 0 Å². The predicted octanol–water partition coefficient (Wildman–Crippen LogP) is 4.39. The van der Waals surface area contributed by atoms with Gasteiger partial charge in [-0.25, -0.2) is 4.98 Å². The molecule has 112 valence electrons. The first-order chi connectivity index (χ1) is 10.8. The van der Waals surface area contributed by atoms with E-state index < -0.39 is 0 Å². The molecule has 1 N–H and O–H groups in total. The van der Waals surface area contributed by atoms with E-state index in [1.165, 1.54) is 11.1 Å². The summed E-state index contributed by atoms with van der Waals surface area (Å²) in [6.07, 6.45) is 2.31. The molecule has 0 saturated carbocycles. The number of para-hydroxylation sites is 2. The Balaban J connectivity index is 1.93. The van der Waals surface area contributed by atoms with E-state index in [4.69, 9.17) is 4.98 Å². The third kappa shape index (κ3) is 2.46. The lowest BCUT2D eigenvalue weighted by Gasteiger charge is -2.26. The molecule has 3 aromatic rings. The maximum atomic E-state index is 4.92. The molecule has 0 unspecified atom stereocenters. The summed E-state index contributed by atoms with van der Waals surface area (Å²) in [5.41, 5.74) is 3.49. The van der Waals surface area contributed by atoms with Crippen molar-refractivity contribution in [3.8, 4) is 11.4 Å². The average Bonchev–Trinajstić information content (AvgIpc) is 2.95. The SMILES string of the molecule is Brc1cccc(-c2nc3ccccc3n2C2CCNCC2)c1. The van der Waals surface area contributed by atoms with Crippen LogP contribution < -0.4 is 5.32 Å². The molecular formula is C18H18BrN3. The summed E-state index contributed by atoms with van der Waals surface area (Å²) in [6.45, 7) is 2.16. The first-order valence-electron chi connectivity index (χ1n) is 7.76. The fourth-order valence-electron chi connectivity index (χ4n) is 3.31. The van der Waals surface area contributed by atoms with Crippen LogP contribution in [-0.4, -0.2) is 22.6 Å². The Morgan fingerprint density at radius 1 is 1.05 bits per heavy atom. The summed E-state index contributed by atoms with van der Waals surface area (Å²) in [4.78, 5) is 4.92. The number of hydrogen-bond donors (Lipinski definition) is 1. The van der Waals surface area contributed by atoms with Crippen LogP contribution in [0.5, 0.6) is 0 Å². The number of piperidine rings is 1. The molecule has 1 saturated heterocycles. The number of aromatic nitrogens is 2. The standard InChI is InChI=1S/C18H18BrN3/c19-14-5-3-4-13(12-14)18-21-16-6-1-2-7-17(16)22(18)15-8-10-20-11-9-15/h1-7,12,15,20H,8-11H2. The number of halogens is 1. The Kier molecular flexibility index (Phi) is 3.72. The minimum absolute atomic E-state index is 0.516. The molecule has 1 aromatic heterocycles. The number of hydrogen-bond acceptors (Lipinski definition) is 2. The molecule has 1 aliphatic heterocycles. The zero-order valence-electron chi connectivity index (χ0n) is 12.3. The second kappa shape index (κ2) is 5.86. The van der Waals surface area contributed by atoms with Crippen LogP contribution in [0.2, 0.25) is 0 Å². The van der Waals surface area contributed by atoms with Crippen molar-refractivity contribution in [2.75, 3.05) is 13.1 Å². The molecule has 3 nitrogen and oxygen atoms in total. The maximum Gasteiger partial charge on any atom is 0.141 e. The minimum atomic E-state index is 0.516. The summed E-state index contributed by atoms with van der Waals surface area (Å²) < 4.78 is 3.53. The zero-order valence-corrected chi connectivity index (χ0v) is 13.9. The van der Waals surface area contributed by atoms with E-state index in [0.29, 0.717) is 6.04 Å². The second-order valence-corrected chi connectivity index (χ2v) is 6.70. The van der Waals surface area contributed by atoms with Crippen LogP contribution in [0.4, 0.5) is 0 Å². The molecule has 1 fully saturated rings. The fourth-order valence-corrected chi connectivity index (χ4v) is 3.71. The number of nitrogens with zero attached hydrogens (tertiary/aromatic N) is 2. The highest BCUT2D eigenvalue weighted by atomic mass is 79.9. The zero-order chi connectivity index (χ0) is 14.9. The lowest BCUT2D eigenvalue weighted by molar-refractivity contribution is 0.377. The van der Waals surface area contributed by atoms with E-state index in [9.17, 15) is 0 Å². The minimum Gasteiger partial charge on any atom is -0.321 e. The van der Waals surface area contributed by atoms with Gasteiger partial charge in [0.25, 0.3) is 0 Å². The Bertz CT molecular complexity index is 803. The van der Waals surface area contributed by atoms with Crippen molar-refractivity contribution in [1.82, 2.24) is 14.9 Å². The molecule has 0 aliphatic carbocycles. The summed E-state index contributed by atoms with van der Waals surface area (Å²) in [7, 11) is 0. The molecule has 0 bridgehead atoms. The van der Waals surface area contributed by atoms with Gasteiger partial charge in [-0.05, 0) is 50.2 Å². The van der Waals surface area contributed by atoms with Gasteiger partial charge in [-0.3, -0.25) is 0 Å². The Hall–Kier alpha value is -1.65. The van der Waals surface area contributed by atoms with Crippen molar-refractivity contribution in [2.24, 2.45) is 0 Å². The van der Waals surface area contributed by atoms with Crippen LogP contribution in [0.15, 0.2) is 53.0 Å². The summed E-state index contributed by atoms with van der Waals surface area (Å²) in [5, 5.41) is 3.45. The Morgan fingerprint density at radius 2 is 1.86 bits per heavy atom. The highest BCUT2D eigenvalue weighted by molar-refractivity contribution is 9.10. The first kappa shape index (κ1) is 14.0. The van der Waals surface area contributed by atoms with Gasteiger partial charge in [0.1, 0.15) is 5.82 Å². The number of fused-ring (bicyclic) bond motifs is 1. The lowest BCUT2D eigenvalue weighted by Crippen LogP contribution is -2.29. The van der Waals surface area contributed by atoms with Gasteiger partial charge in [0.05, 0.1) is 11.0 Å². The third-order valence-corrected chi connectivity index (χ3v) is 4.85. The molecule has 2 aromatic carbocycles. The van der Waals surface area contributed by atoms with Crippen molar-refractivity contribution in [3.63, 3.8) is 0 Å². The molecule has 4 rings (SSSR count). The third-order valence-electron chi connectivity index (χ3n) is 4.35. The lowest BCUT2D eigenvalue weighted by atomic mass is 10.1. The fraction of sp³-hybridized carbons (Fsp3) is 0.278. The molecule has 22 heavy (non-hydrogen) atoms. The van der Waals surface area contributed by atoms with Gasteiger partial charge in [0.2, 0.25) is 0 Å². The highest BCUT2D eigenvalue weighted by Crippen LogP contribution is 2.32. The Labute approximate surface area is 138 Å². The molecule has 0 spiro atoms. The van der Waals surface area contributed by atoms with Gasteiger partial charge >= 0.3 is 0 Å². The molecule has 0 amide bonds. The van der Waals surface area contributed by atoms with Crippen LogP contribution >= 0.6 is 15.9 Å². The average molecular weight is 356 g/mol. The molecular weight excluding hydrogens is 338 g/mol. The van der Waals surface area contributed by atoms with Gasteiger partial charge in [-0.15, -0.1) is 0 Å². The van der Waals surface area contributed by atoms with Crippen molar-refractivity contribution in [1.29, 1.82) is 0 Å². The van der Waals surface area contributed by atoms with E-state index in [2.05, 4.69) is 74.3 Å². The quantitative estimate of drug-likeness (QED) is 0.738. The smallest absolute Gasteiger partial charge is 0.141 e. The van der Waals surface area contributed by atoms with Crippen molar-refractivity contribution in [2.45, 2.75) is 18.9 Å². The van der Waals surface area contributed by atoms with Gasteiger partial charge in [0, 0.05) is 16.1 Å². The first-order valence-corrected chi connectivity index (χ1v) is 8.56. The van der Waals surface area contributed by atoms with E-state index in [0.717, 1.165) is 41.7 Å². The summed E-state index contributed by atoms with van der Waals surface area (Å²) in [5.74, 6) is 1.08. The van der Waals surface area contributed by atoms with Gasteiger partial charge < -0.3 is 9.88 Å². The molecule has 0 atom stereocenters.